The molecule has 0 saturated carbocycles. The summed E-state index contributed by atoms with van der Waals surface area (Å²) in [7, 11) is 1.71. The Kier molecular flexibility index (Phi) is 5.73. The van der Waals surface area contributed by atoms with Gasteiger partial charge in [0.2, 0.25) is 5.91 Å². The van der Waals surface area contributed by atoms with Crippen LogP contribution in [0.2, 0.25) is 0 Å². The number of nitrogens with one attached hydrogen (secondary N) is 2. The van der Waals surface area contributed by atoms with E-state index in [1.54, 1.807) is 37.1 Å². The third-order valence-electron chi connectivity index (χ3n) is 4.83. The number of carbonyl (C=O) groups excluding carboxylic acids is 3. The smallest absolute Gasteiger partial charge is 0.258 e. The summed E-state index contributed by atoms with van der Waals surface area (Å²) >= 11 is 0. The second-order valence-electron chi connectivity index (χ2n) is 6.89. The van der Waals surface area contributed by atoms with Crippen molar-refractivity contribution in [2.75, 3.05) is 18.9 Å². The van der Waals surface area contributed by atoms with Crippen LogP contribution in [0.3, 0.4) is 0 Å². The second-order valence-corrected chi connectivity index (χ2v) is 6.89. The van der Waals surface area contributed by atoms with Crippen molar-refractivity contribution in [1.29, 1.82) is 0 Å². The minimum absolute atomic E-state index is 0.0763. The highest BCUT2D eigenvalue weighted by Crippen LogP contribution is 2.19. The van der Waals surface area contributed by atoms with E-state index in [1.807, 2.05) is 0 Å². The van der Waals surface area contributed by atoms with Crippen LogP contribution in [-0.2, 0) is 4.79 Å². The highest BCUT2D eigenvalue weighted by atomic mass is 19.1. The maximum atomic E-state index is 13.8. The third kappa shape index (κ3) is 4.19. The van der Waals surface area contributed by atoms with Gasteiger partial charge in [0.05, 0.1) is 5.56 Å². The molecule has 1 saturated heterocycles. The number of anilines is 1. The van der Waals surface area contributed by atoms with Gasteiger partial charge in [-0.2, -0.15) is 0 Å². The number of hydrogen-bond donors (Lipinski definition) is 2. The van der Waals surface area contributed by atoms with Crippen molar-refractivity contribution in [1.82, 2.24) is 10.2 Å². The first-order valence-corrected chi connectivity index (χ1v) is 9.09. The van der Waals surface area contributed by atoms with Crippen molar-refractivity contribution in [3.05, 3.63) is 65.0 Å². The highest BCUT2D eigenvalue weighted by molar-refractivity contribution is 6.06. The molecule has 6 nitrogen and oxygen atoms in total. The Labute approximate surface area is 162 Å². The number of likely N-dealkylation sites (N-methyl/N-ethyl adjacent to an activating group) is 1. The minimum Gasteiger partial charge on any atom is -0.344 e. The molecule has 2 N–H and O–H groups in total. The average Bonchev–Trinajstić information content (AvgIpc) is 2.67. The minimum atomic E-state index is -0.619. The number of hydrogen-bond acceptors (Lipinski definition) is 3. The lowest BCUT2D eigenvalue weighted by atomic mass is 10.0. The van der Waals surface area contributed by atoms with Crippen molar-refractivity contribution >= 4 is 23.4 Å². The molecule has 2 aromatic rings. The largest absolute Gasteiger partial charge is 0.344 e. The summed E-state index contributed by atoms with van der Waals surface area (Å²) in [5.74, 6) is -1.72. The first-order valence-electron chi connectivity index (χ1n) is 9.09. The van der Waals surface area contributed by atoms with Crippen LogP contribution in [0.15, 0.2) is 42.5 Å². The van der Waals surface area contributed by atoms with Crippen molar-refractivity contribution < 1.29 is 18.8 Å². The number of carbonyl (C=O) groups is 3. The zero-order valence-corrected chi connectivity index (χ0v) is 15.8. The Balaban J connectivity index is 1.75. The molecule has 1 unspecified atom stereocenters. The van der Waals surface area contributed by atoms with Gasteiger partial charge in [-0.05, 0) is 49.6 Å². The third-order valence-corrected chi connectivity index (χ3v) is 4.83. The van der Waals surface area contributed by atoms with Crippen LogP contribution in [0.1, 0.15) is 39.1 Å². The van der Waals surface area contributed by atoms with E-state index in [4.69, 9.17) is 0 Å². The molecular weight excluding hydrogens is 361 g/mol. The molecule has 1 heterocycles. The summed E-state index contributed by atoms with van der Waals surface area (Å²) in [6.07, 6.45) is 1.42. The summed E-state index contributed by atoms with van der Waals surface area (Å²) in [4.78, 5) is 38.7. The van der Waals surface area contributed by atoms with E-state index in [2.05, 4.69) is 10.6 Å². The van der Waals surface area contributed by atoms with Crippen LogP contribution in [-0.4, -0.2) is 42.3 Å². The van der Waals surface area contributed by atoms with Crippen molar-refractivity contribution in [3.63, 3.8) is 0 Å². The van der Waals surface area contributed by atoms with Crippen LogP contribution in [0.4, 0.5) is 10.1 Å². The maximum Gasteiger partial charge on any atom is 0.258 e. The lowest BCUT2D eigenvalue weighted by molar-refractivity contribution is -0.134. The Bertz CT molecular complexity index is 929. The molecule has 0 spiro atoms. The molecule has 3 amide bonds. The number of benzene rings is 2. The van der Waals surface area contributed by atoms with Gasteiger partial charge in [0.1, 0.15) is 11.9 Å². The fourth-order valence-corrected chi connectivity index (χ4v) is 3.14. The van der Waals surface area contributed by atoms with E-state index in [0.29, 0.717) is 24.2 Å². The number of piperidine rings is 1. The Morgan fingerprint density at radius 3 is 2.64 bits per heavy atom. The average molecular weight is 383 g/mol. The summed E-state index contributed by atoms with van der Waals surface area (Å²) < 4.78 is 13.8. The van der Waals surface area contributed by atoms with Crippen LogP contribution in [0, 0.1) is 12.7 Å². The maximum absolute atomic E-state index is 13.8. The molecule has 1 aliphatic heterocycles. The second kappa shape index (κ2) is 8.21. The Morgan fingerprint density at radius 2 is 1.89 bits per heavy atom. The fraction of sp³-hybridized carbons (Fsp3) is 0.286. The van der Waals surface area contributed by atoms with Crippen molar-refractivity contribution in [2.24, 2.45) is 0 Å². The molecule has 0 radical (unpaired) electrons. The number of likely N-dealkylation sites (tertiary alicyclic amines) is 1. The van der Waals surface area contributed by atoms with Crippen LogP contribution in [0.5, 0.6) is 0 Å². The first-order chi connectivity index (χ1) is 13.4. The van der Waals surface area contributed by atoms with Crippen molar-refractivity contribution in [3.8, 4) is 0 Å². The molecule has 0 aromatic heterocycles. The predicted octanol–water partition coefficient (Wildman–Crippen LogP) is 2.74. The quantitative estimate of drug-likeness (QED) is 0.852. The van der Waals surface area contributed by atoms with Gasteiger partial charge >= 0.3 is 0 Å². The molecule has 146 valence electrons. The Morgan fingerprint density at radius 1 is 1.14 bits per heavy atom. The standard InChI is InChI=1S/C21H22FN3O3/c1-13-9-10-14(19(26)23-17-8-5-11-25(2)21(17)28)12-18(13)24-20(27)15-6-3-4-7-16(15)22/h3-4,6-7,9-10,12,17H,5,8,11H2,1-2H3,(H,23,26)(H,24,27). The Hall–Kier alpha value is -3.22. The molecular formula is C21H22FN3O3. The van der Waals surface area contributed by atoms with E-state index in [9.17, 15) is 18.8 Å². The SMILES string of the molecule is Cc1ccc(C(=O)NC2CCCN(C)C2=O)cc1NC(=O)c1ccccc1F. The van der Waals surface area contributed by atoms with Gasteiger partial charge < -0.3 is 15.5 Å². The zero-order valence-electron chi connectivity index (χ0n) is 15.8. The van der Waals surface area contributed by atoms with Gasteiger partial charge in [-0.3, -0.25) is 14.4 Å². The number of rotatable bonds is 4. The summed E-state index contributed by atoms with van der Waals surface area (Å²) in [6, 6.07) is 9.98. The number of halogens is 1. The van der Waals surface area contributed by atoms with E-state index in [-0.39, 0.29) is 11.5 Å². The molecule has 1 fully saturated rings. The van der Waals surface area contributed by atoms with E-state index >= 15 is 0 Å². The normalized spacial score (nSPS) is 16.6. The first kappa shape index (κ1) is 19.5. The predicted molar refractivity (Wildman–Crippen MR) is 104 cm³/mol. The van der Waals surface area contributed by atoms with E-state index in [0.717, 1.165) is 12.0 Å². The molecule has 0 aliphatic carbocycles. The number of nitrogens with zero attached hydrogens (tertiary/aromatic N) is 1. The van der Waals surface area contributed by atoms with Gasteiger partial charge in [0.25, 0.3) is 11.8 Å². The van der Waals surface area contributed by atoms with Gasteiger partial charge in [0, 0.05) is 24.8 Å². The lowest BCUT2D eigenvalue weighted by Gasteiger charge is -2.29. The molecule has 3 rings (SSSR count). The van der Waals surface area contributed by atoms with Crippen molar-refractivity contribution in [2.45, 2.75) is 25.8 Å². The van der Waals surface area contributed by atoms with Gasteiger partial charge in [-0.25, -0.2) is 4.39 Å². The molecule has 2 aromatic carbocycles. The molecule has 0 bridgehead atoms. The van der Waals surface area contributed by atoms with Crippen LogP contribution >= 0.6 is 0 Å². The monoisotopic (exact) mass is 383 g/mol. The summed E-state index contributed by atoms with van der Waals surface area (Å²) in [5.41, 5.74) is 1.38. The van der Waals surface area contributed by atoms with Gasteiger partial charge in [-0.15, -0.1) is 0 Å². The van der Waals surface area contributed by atoms with Crippen LogP contribution in [0.25, 0.3) is 0 Å². The fourth-order valence-electron chi connectivity index (χ4n) is 3.14. The number of aryl methyl sites for hydroxylation is 1. The molecule has 28 heavy (non-hydrogen) atoms. The number of amides is 3. The highest BCUT2D eigenvalue weighted by Gasteiger charge is 2.28. The summed E-state index contributed by atoms with van der Waals surface area (Å²) in [6.45, 7) is 2.46. The summed E-state index contributed by atoms with van der Waals surface area (Å²) in [5, 5.41) is 5.40. The molecule has 1 aliphatic rings. The van der Waals surface area contributed by atoms with E-state index < -0.39 is 23.7 Å². The lowest BCUT2D eigenvalue weighted by Crippen LogP contribution is -2.50. The van der Waals surface area contributed by atoms with Gasteiger partial charge in [0.15, 0.2) is 0 Å². The molecule has 7 heteroatoms. The van der Waals surface area contributed by atoms with Crippen LogP contribution < -0.4 is 10.6 Å². The van der Waals surface area contributed by atoms with E-state index in [1.165, 1.54) is 24.3 Å². The molecule has 1 atom stereocenters. The zero-order chi connectivity index (χ0) is 20.3. The topological polar surface area (TPSA) is 78.5 Å². The van der Waals surface area contributed by atoms with Gasteiger partial charge in [-0.1, -0.05) is 18.2 Å².